The Morgan fingerprint density at radius 3 is 2.47 bits per heavy atom. The normalized spacial score (nSPS) is 23.1. The van der Waals surface area contributed by atoms with Crippen LogP contribution in [0.15, 0.2) is 24.8 Å². The molecule has 0 saturated heterocycles. The molecule has 1 saturated carbocycles. The van der Waals surface area contributed by atoms with Crippen LogP contribution in [-0.4, -0.2) is 5.78 Å². The van der Waals surface area contributed by atoms with Crippen molar-refractivity contribution in [1.29, 1.82) is 0 Å². The average molecular weight is 266 g/mol. The minimum atomic E-state index is -1.00. The summed E-state index contributed by atoms with van der Waals surface area (Å²) in [7, 11) is 0. The Morgan fingerprint density at radius 1 is 1.26 bits per heavy atom. The summed E-state index contributed by atoms with van der Waals surface area (Å²) in [4.78, 5) is 12.2. The molecule has 1 aromatic carbocycles. The Kier molecular flexibility index (Phi) is 4.13. The SMILES string of the molecule is C=CC1CCC(C(=O)c2ccc(C)c(F)c2F)CC1.[HH]. The standard InChI is InChI=1S/C16H18F2O.H2/c1-3-11-5-7-12(8-6-11)16(19)13-9-4-10(2)14(17)15(13)18;/h3-4,9,11-12H,1,5-8H2,2H3;1H. The molecular formula is C16H20F2O. The van der Waals surface area contributed by atoms with Crippen LogP contribution in [0.25, 0.3) is 0 Å². The second-order valence-corrected chi connectivity index (χ2v) is 5.27. The van der Waals surface area contributed by atoms with E-state index >= 15 is 0 Å². The third-order valence-electron chi connectivity index (χ3n) is 4.02. The first-order chi connectivity index (χ1) is 9.04. The molecule has 1 aliphatic carbocycles. The van der Waals surface area contributed by atoms with E-state index in [0.29, 0.717) is 5.92 Å². The molecule has 19 heavy (non-hydrogen) atoms. The maximum Gasteiger partial charge on any atom is 0.169 e. The van der Waals surface area contributed by atoms with E-state index in [-0.39, 0.29) is 24.3 Å². The van der Waals surface area contributed by atoms with Crippen LogP contribution in [0.3, 0.4) is 0 Å². The van der Waals surface area contributed by atoms with Crippen LogP contribution in [0.1, 0.15) is 43.0 Å². The van der Waals surface area contributed by atoms with Gasteiger partial charge in [-0.3, -0.25) is 4.79 Å². The molecule has 0 aliphatic heterocycles. The molecule has 0 spiro atoms. The highest BCUT2D eigenvalue weighted by Crippen LogP contribution is 2.32. The Hall–Kier alpha value is -1.51. The Labute approximate surface area is 113 Å². The van der Waals surface area contributed by atoms with Crippen LogP contribution in [0.4, 0.5) is 8.78 Å². The largest absolute Gasteiger partial charge is 0.294 e. The molecule has 0 aromatic heterocycles. The summed E-state index contributed by atoms with van der Waals surface area (Å²) in [6.45, 7) is 5.24. The van der Waals surface area contributed by atoms with E-state index in [4.69, 9.17) is 0 Å². The molecule has 0 amide bonds. The van der Waals surface area contributed by atoms with Crippen LogP contribution >= 0.6 is 0 Å². The summed E-state index contributed by atoms with van der Waals surface area (Å²) in [5.74, 6) is -1.92. The van der Waals surface area contributed by atoms with Gasteiger partial charge in [0.1, 0.15) is 0 Å². The van der Waals surface area contributed by atoms with Crippen molar-refractivity contribution in [3.8, 4) is 0 Å². The molecule has 0 bridgehead atoms. The number of carbonyl (C=O) groups is 1. The van der Waals surface area contributed by atoms with E-state index in [2.05, 4.69) is 6.58 Å². The van der Waals surface area contributed by atoms with Gasteiger partial charge >= 0.3 is 0 Å². The van der Waals surface area contributed by atoms with Gasteiger partial charge in [0.2, 0.25) is 0 Å². The van der Waals surface area contributed by atoms with Crippen LogP contribution < -0.4 is 0 Å². The van der Waals surface area contributed by atoms with Crippen molar-refractivity contribution in [2.45, 2.75) is 32.6 Å². The average Bonchev–Trinajstić information content (AvgIpc) is 2.44. The monoisotopic (exact) mass is 266 g/mol. The van der Waals surface area contributed by atoms with Gasteiger partial charge in [-0.05, 0) is 50.2 Å². The van der Waals surface area contributed by atoms with Crippen molar-refractivity contribution in [2.75, 3.05) is 0 Å². The van der Waals surface area contributed by atoms with Crippen LogP contribution in [0.5, 0.6) is 0 Å². The third kappa shape index (κ3) is 2.75. The van der Waals surface area contributed by atoms with Gasteiger partial charge in [0.15, 0.2) is 17.4 Å². The van der Waals surface area contributed by atoms with E-state index in [0.717, 1.165) is 25.7 Å². The predicted molar refractivity (Wildman–Crippen MR) is 73.2 cm³/mol. The van der Waals surface area contributed by atoms with Gasteiger partial charge < -0.3 is 0 Å². The van der Waals surface area contributed by atoms with Gasteiger partial charge in [-0.1, -0.05) is 12.1 Å². The lowest BCUT2D eigenvalue weighted by Crippen LogP contribution is -2.22. The van der Waals surface area contributed by atoms with Crippen LogP contribution in [0.2, 0.25) is 0 Å². The third-order valence-corrected chi connectivity index (χ3v) is 4.02. The first kappa shape index (κ1) is 13.9. The molecule has 1 aliphatic rings. The molecule has 104 valence electrons. The molecule has 1 aromatic rings. The first-order valence-corrected chi connectivity index (χ1v) is 6.66. The van der Waals surface area contributed by atoms with E-state index in [1.54, 1.807) is 0 Å². The lowest BCUT2D eigenvalue weighted by Gasteiger charge is -2.25. The molecule has 0 N–H and O–H groups in total. The topological polar surface area (TPSA) is 17.1 Å². The lowest BCUT2D eigenvalue weighted by molar-refractivity contribution is 0.0874. The number of benzene rings is 1. The predicted octanol–water partition coefficient (Wildman–Crippen LogP) is 4.69. The molecule has 2 rings (SSSR count). The minimum absolute atomic E-state index is 0. The maximum atomic E-state index is 13.8. The van der Waals surface area contributed by atoms with Crippen molar-refractivity contribution in [1.82, 2.24) is 0 Å². The molecule has 1 fully saturated rings. The molecular weight excluding hydrogens is 246 g/mol. The second-order valence-electron chi connectivity index (χ2n) is 5.27. The van der Waals surface area contributed by atoms with Gasteiger partial charge in [0.25, 0.3) is 0 Å². The molecule has 0 radical (unpaired) electrons. The minimum Gasteiger partial charge on any atom is -0.294 e. The van der Waals surface area contributed by atoms with E-state index in [1.165, 1.54) is 19.1 Å². The van der Waals surface area contributed by atoms with Gasteiger partial charge in [0, 0.05) is 7.34 Å². The van der Waals surface area contributed by atoms with Crippen molar-refractivity contribution in [3.63, 3.8) is 0 Å². The lowest BCUT2D eigenvalue weighted by atomic mass is 9.78. The molecule has 1 nitrogen and oxygen atoms in total. The number of ketones is 1. The van der Waals surface area contributed by atoms with Crippen molar-refractivity contribution in [3.05, 3.63) is 47.5 Å². The molecule has 0 unspecified atom stereocenters. The van der Waals surface area contributed by atoms with E-state index in [1.807, 2.05) is 6.08 Å². The van der Waals surface area contributed by atoms with Gasteiger partial charge in [-0.2, -0.15) is 0 Å². The Balaban J connectivity index is 0.00000200. The fourth-order valence-electron chi connectivity index (χ4n) is 2.67. The van der Waals surface area contributed by atoms with Crippen molar-refractivity contribution >= 4 is 5.78 Å². The molecule has 0 atom stereocenters. The fourth-order valence-corrected chi connectivity index (χ4v) is 2.67. The number of rotatable bonds is 3. The molecule has 0 heterocycles. The maximum absolute atomic E-state index is 13.8. The second kappa shape index (κ2) is 5.64. The number of hydrogen-bond donors (Lipinski definition) is 0. The smallest absolute Gasteiger partial charge is 0.169 e. The van der Waals surface area contributed by atoms with Crippen molar-refractivity contribution < 1.29 is 15.0 Å². The zero-order valence-corrected chi connectivity index (χ0v) is 11.1. The van der Waals surface area contributed by atoms with Gasteiger partial charge in [-0.15, -0.1) is 6.58 Å². The number of hydrogen-bond acceptors (Lipinski definition) is 1. The highest BCUT2D eigenvalue weighted by atomic mass is 19.2. The summed E-state index contributed by atoms with van der Waals surface area (Å²) in [6.07, 6.45) is 5.16. The summed E-state index contributed by atoms with van der Waals surface area (Å²) in [5.41, 5.74) is 0.120. The highest BCUT2D eigenvalue weighted by Gasteiger charge is 2.28. The van der Waals surface area contributed by atoms with Crippen LogP contribution in [0, 0.1) is 30.4 Å². The van der Waals surface area contributed by atoms with Gasteiger partial charge in [0.05, 0.1) is 5.56 Å². The van der Waals surface area contributed by atoms with Crippen LogP contribution in [-0.2, 0) is 0 Å². The number of aryl methyl sites for hydroxylation is 1. The van der Waals surface area contributed by atoms with Gasteiger partial charge in [-0.25, -0.2) is 8.78 Å². The number of allylic oxidation sites excluding steroid dienone is 1. The Bertz CT molecular complexity index is 505. The summed E-state index contributed by atoms with van der Waals surface area (Å²) in [6, 6.07) is 2.86. The number of halogens is 2. The zero-order valence-electron chi connectivity index (χ0n) is 11.1. The van der Waals surface area contributed by atoms with E-state index < -0.39 is 11.6 Å². The quantitative estimate of drug-likeness (QED) is 0.572. The summed E-state index contributed by atoms with van der Waals surface area (Å²) >= 11 is 0. The summed E-state index contributed by atoms with van der Waals surface area (Å²) in [5, 5.41) is 0. The highest BCUT2D eigenvalue weighted by molar-refractivity contribution is 5.98. The summed E-state index contributed by atoms with van der Waals surface area (Å²) < 4.78 is 27.3. The first-order valence-electron chi connectivity index (χ1n) is 6.66. The fraction of sp³-hybridized carbons (Fsp3) is 0.438. The Morgan fingerprint density at radius 2 is 1.89 bits per heavy atom. The number of carbonyl (C=O) groups excluding carboxylic acids is 1. The number of Topliss-reactive ketones (excluding diaryl/α,β-unsaturated/α-hetero) is 1. The zero-order chi connectivity index (χ0) is 14.0. The van der Waals surface area contributed by atoms with Crippen molar-refractivity contribution in [2.24, 2.45) is 11.8 Å². The molecule has 3 heteroatoms. The van der Waals surface area contributed by atoms with E-state index in [9.17, 15) is 13.6 Å².